The van der Waals surface area contributed by atoms with Gasteiger partial charge in [0.05, 0.1) is 0 Å². The van der Waals surface area contributed by atoms with E-state index in [-0.39, 0.29) is 0 Å². The second kappa shape index (κ2) is 4.80. The van der Waals surface area contributed by atoms with Crippen LogP contribution in [0.3, 0.4) is 0 Å². The maximum absolute atomic E-state index is 5.97. The van der Waals surface area contributed by atoms with Gasteiger partial charge in [-0.25, -0.2) is 9.97 Å². The summed E-state index contributed by atoms with van der Waals surface area (Å²) in [6, 6.07) is 0. The lowest BCUT2D eigenvalue weighted by Gasteiger charge is -2.04. The third-order valence-corrected chi connectivity index (χ3v) is 3.11. The van der Waals surface area contributed by atoms with Crippen molar-refractivity contribution in [2.24, 2.45) is 0 Å². The van der Waals surface area contributed by atoms with Crippen molar-refractivity contribution in [2.75, 3.05) is 0 Å². The lowest BCUT2D eigenvalue weighted by atomic mass is 10.3. The first-order valence-corrected chi connectivity index (χ1v) is 5.87. The predicted octanol–water partition coefficient (Wildman–Crippen LogP) is 2.54. The molecule has 5 nitrogen and oxygen atoms in total. The van der Waals surface area contributed by atoms with E-state index in [1.165, 1.54) is 18.1 Å². The molecular formula is C9H9ClN4OS. The van der Waals surface area contributed by atoms with Crippen LogP contribution >= 0.6 is 23.4 Å². The molecule has 2 aromatic heterocycles. The first kappa shape index (κ1) is 11.3. The molecule has 0 unspecified atom stereocenters. The van der Waals surface area contributed by atoms with E-state index < -0.39 is 0 Å². The molecule has 0 N–H and O–H groups in total. The zero-order valence-electron chi connectivity index (χ0n) is 8.77. The van der Waals surface area contributed by atoms with Gasteiger partial charge in [-0.2, -0.15) is 0 Å². The van der Waals surface area contributed by atoms with Gasteiger partial charge in [0.2, 0.25) is 5.89 Å². The van der Waals surface area contributed by atoms with Crippen LogP contribution in [0, 0.1) is 6.92 Å². The van der Waals surface area contributed by atoms with Crippen LogP contribution in [0.4, 0.5) is 0 Å². The minimum atomic E-state index is 0.460. The van der Waals surface area contributed by atoms with Gasteiger partial charge in [0.15, 0.2) is 0 Å². The monoisotopic (exact) mass is 256 g/mol. The van der Waals surface area contributed by atoms with E-state index in [4.69, 9.17) is 16.0 Å². The van der Waals surface area contributed by atoms with Gasteiger partial charge < -0.3 is 4.42 Å². The van der Waals surface area contributed by atoms with Crippen molar-refractivity contribution in [3.63, 3.8) is 0 Å². The highest BCUT2D eigenvalue weighted by atomic mass is 35.5. The van der Waals surface area contributed by atoms with Gasteiger partial charge in [-0.05, 0) is 18.2 Å². The molecule has 0 saturated carbocycles. The molecule has 2 aromatic rings. The summed E-state index contributed by atoms with van der Waals surface area (Å²) >= 11 is 7.27. The highest BCUT2D eigenvalue weighted by molar-refractivity contribution is 7.99. The minimum Gasteiger partial charge on any atom is -0.416 e. The summed E-state index contributed by atoms with van der Waals surface area (Å²) in [6.07, 6.45) is 2.18. The Hall–Kier alpha value is -1.14. The molecule has 16 heavy (non-hydrogen) atoms. The molecule has 2 rings (SSSR count). The van der Waals surface area contributed by atoms with Gasteiger partial charge in [0.1, 0.15) is 16.5 Å². The quantitative estimate of drug-likeness (QED) is 0.787. The molecule has 7 heteroatoms. The Morgan fingerprint density at radius 1 is 1.38 bits per heavy atom. The Balaban J connectivity index is 2.30. The van der Waals surface area contributed by atoms with Crippen LogP contribution in [0.1, 0.15) is 18.4 Å². The minimum absolute atomic E-state index is 0.460. The Morgan fingerprint density at radius 2 is 2.19 bits per heavy atom. The second-order valence-corrected chi connectivity index (χ2v) is 4.29. The van der Waals surface area contributed by atoms with Crippen LogP contribution in [0.2, 0.25) is 5.15 Å². The average molecular weight is 257 g/mol. The van der Waals surface area contributed by atoms with Crippen LogP contribution in [-0.2, 0) is 6.42 Å². The van der Waals surface area contributed by atoms with Crippen molar-refractivity contribution < 1.29 is 4.42 Å². The Labute approximate surface area is 102 Å². The summed E-state index contributed by atoms with van der Waals surface area (Å²) in [5.41, 5.74) is 0.894. The molecule has 0 saturated heterocycles. The summed E-state index contributed by atoms with van der Waals surface area (Å²) in [5.74, 6) is 0.528. The molecule has 0 aliphatic heterocycles. The molecule has 0 bridgehead atoms. The Morgan fingerprint density at radius 3 is 2.81 bits per heavy atom. The average Bonchev–Trinajstić information content (AvgIpc) is 2.64. The van der Waals surface area contributed by atoms with Gasteiger partial charge >= 0.3 is 0 Å². The van der Waals surface area contributed by atoms with Crippen molar-refractivity contribution in [1.29, 1.82) is 0 Å². The largest absolute Gasteiger partial charge is 0.416 e. The van der Waals surface area contributed by atoms with E-state index in [0.29, 0.717) is 16.3 Å². The van der Waals surface area contributed by atoms with Gasteiger partial charge in [0, 0.05) is 12.5 Å². The summed E-state index contributed by atoms with van der Waals surface area (Å²) in [6.45, 7) is 3.73. The van der Waals surface area contributed by atoms with E-state index in [2.05, 4.69) is 20.2 Å². The lowest BCUT2D eigenvalue weighted by Crippen LogP contribution is -1.93. The fraction of sp³-hybridized carbons (Fsp3) is 0.333. The van der Waals surface area contributed by atoms with Crippen LogP contribution in [-0.4, -0.2) is 20.2 Å². The standard InChI is InChI=1S/C9H9ClN4OS/c1-3-6-7(10)11-4-12-8(6)16-9-14-13-5(2)15-9/h4H,3H2,1-2H3. The van der Waals surface area contributed by atoms with E-state index in [0.717, 1.165) is 17.0 Å². The highest BCUT2D eigenvalue weighted by Gasteiger charge is 2.12. The van der Waals surface area contributed by atoms with Crippen LogP contribution in [0.5, 0.6) is 0 Å². The number of aromatic nitrogens is 4. The summed E-state index contributed by atoms with van der Waals surface area (Å²) in [7, 11) is 0. The van der Waals surface area contributed by atoms with Gasteiger partial charge in [-0.15, -0.1) is 10.2 Å². The van der Waals surface area contributed by atoms with Gasteiger partial charge in [0.25, 0.3) is 5.22 Å². The zero-order valence-corrected chi connectivity index (χ0v) is 10.3. The molecule has 0 radical (unpaired) electrons. The van der Waals surface area contributed by atoms with E-state index in [9.17, 15) is 0 Å². The number of hydrogen-bond acceptors (Lipinski definition) is 6. The third kappa shape index (κ3) is 2.33. The molecular weight excluding hydrogens is 248 g/mol. The fourth-order valence-electron chi connectivity index (χ4n) is 1.16. The summed E-state index contributed by atoms with van der Waals surface area (Å²) < 4.78 is 5.26. The molecule has 0 aliphatic rings. The second-order valence-electron chi connectivity index (χ2n) is 2.99. The number of aryl methyl sites for hydroxylation is 1. The topological polar surface area (TPSA) is 64.7 Å². The van der Waals surface area contributed by atoms with Crippen molar-refractivity contribution >= 4 is 23.4 Å². The molecule has 0 spiro atoms. The molecule has 0 aliphatic carbocycles. The molecule has 0 atom stereocenters. The number of halogens is 1. The van der Waals surface area contributed by atoms with Crippen LogP contribution in [0.15, 0.2) is 21.0 Å². The van der Waals surface area contributed by atoms with E-state index in [1.807, 2.05) is 6.92 Å². The molecule has 2 heterocycles. The maximum Gasteiger partial charge on any atom is 0.282 e. The molecule has 0 fully saturated rings. The first-order chi connectivity index (χ1) is 7.70. The Kier molecular flexibility index (Phi) is 3.40. The predicted molar refractivity (Wildman–Crippen MR) is 59.6 cm³/mol. The zero-order chi connectivity index (χ0) is 11.5. The number of nitrogens with zero attached hydrogens (tertiary/aromatic N) is 4. The van der Waals surface area contributed by atoms with Crippen molar-refractivity contribution in [3.05, 3.63) is 22.9 Å². The summed E-state index contributed by atoms with van der Waals surface area (Å²) in [5, 5.41) is 9.32. The first-order valence-electron chi connectivity index (χ1n) is 4.68. The maximum atomic E-state index is 5.97. The number of rotatable bonds is 3. The van der Waals surface area contributed by atoms with Crippen molar-refractivity contribution in [3.8, 4) is 0 Å². The van der Waals surface area contributed by atoms with E-state index >= 15 is 0 Å². The lowest BCUT2D eigenvalue weighted by molar-refractivity contribution is 0.429. The molecule has 0 aromatic carbocycles. The van der Waals surface area contributed by atoms with Crippen molar-refractivity contribution in [2.45, 2.75) is 30.5 Å². The van der Waals surface area contributed by atoms with Gasteiger partial charge in [-0.3, -0.25) is 0 Å². The third-order valence-electron chi connectivity index (χ3n) is 1.90. The fourth-order valence-corrected chi connectivity index (χ4v) is 2.36. The van der Waals surface area contributed by atoms with Crippen LogP contribution in [0.25, 0.3) is 0 Å². The van der Waals surface area contributed by atoms with Crippen LogP contribution < -0.4 is 0 Å². The van der Waals surface area contributed by atoms with E-state index in [1.54, 1.807) is 6.92 Å². The van der Waals surface area contributed by atoms with Gasteiger partial charge in [-0.1, -0.05) is 18.5 Å². The highest BCUT2D eigenvalue weighted by Crippen LogP contribution is 2.30. The van der Waals surface area contributed by atoms with Crippen molar-refractivity contribution in [1.82, 2.24) is 20.2 Å². The SMILES string of the molecule is CCc1c(Cl)ncnc1Sc1nnc(C)o1. The molecule has 0 amide bonds. The molecule has 84 valence electrons. The normalized spacial score (nSPS) is 10.7. The summed E-state index contributed by atoms with van der Waals surface area (Å²) in [4.78, 5) is 8.09. The Bertz CT molecular complexity index is 502. The number of hydrogen-bond donors (Lipinski definition) is 0. The smallest absolute Gasteiger partial charge is 0.282 e.